The zero-order valence-electron chi connectivity index (χ0n) is 17.0. The molecule has 0 fully saturated rings. The molecule has 5 nitrogen and oxygen atoms in total. The minimum Gasteiger partial charge on any atom is -0.355 e. The second-order valence-corrected chi connectivity index (χ2v) is 9.61. The van der Waals surface area contributed by atoms with Gasteiger partial charge in [0.1, 0.15) is 0 Å². The van der Waals surface area contributed by atoms with Gasteiger partial charge in [-0.3, -0.25) is 0 Å². The Labute approximate surface area is 196 Å². The van der Waals surface area contributed by atoms with Gasteiger partial charge in [0.25, 0.3) is 0 Å². The van der Waals surface area contributed by atoms with Crippen LogP contribution in [0.15, 0.2) is 80.6 Å². The second kappa shape index (κ2) is 8.44. The van der Waals surface area contributed by atoms with Crippen molar-refractivity contribution in [1.29, 1.82) is 0 Å². The normalized spacial score (nSPS) is 12.2. The Morgan fingerprint density at radius 2 is 1.55 bits per heavy atom. The molecule has 10 heteroatoms. The summed E-state index contributed by atoms with van der Waals surface area (Å²) in [6.07, 6.45) is -4.67. The molecule has 2 N–H and O–H groups in total. The molecule has 0 unspecified atom stereocenters. The van der Waals surface area contributed by atoms with Gasteiger partial charge in [0, 0.05) is 11.1 Å². The van der Waals surface area contributed by atoms with Gasteiger partial charge in [0.05, 0.1) is 20.6 Å². The number of halogens is 4. The number of aryl methyl sites for hydroxylation is 1. The van der Waals surface area contributed by atoms with Crippen molar-refractivity contribution in [3.8, 4) is 33.6 Å². The maximum absolute atomic E-state index is 14.1. The third-order valence-corrected chi connectivity index (χ3v) is 6.95. The van der Waals surface area contributed by atoms with Crippen LogP contribution in [0.25, 0.3) is 33.6 Å². The van der Waals surface area contributed by atoms with E-state index in [1.165, 1.54) is 30.3 Å². The van der Waals surface area contributed by atoms with Crippen molar-refractivity contribution in [1.82, 2.24) is 5.16 Å². The Kier molecular flexibility index (Phi) is 5.94. The van der Waals surface area contributed by atoms with E-state index >= 15 is 0 Å². The lowest BCUT2D eigenvalue weighted by molar-refractivity contribution is -0.137. The van der Waals surface area contributed by atoms with E-state index in [0.717, 1.165) is 6.07 Å². The maximum atomic E-state index is 14.1. The molecule has 4 rings (SSSR count). The fourth-order valence-electron chi connectivity index (χ4n) is 3.56. The van der Waals surface area contributed by atoms with E-state index in [1.54, 1.807) is 37.3 Å². The summed E-state index contributed by atoms with van der Waals surface area (Å²) >= 11 is 3.30. The lowest BCUT2D eigenvalue weighted by Gasteiger charge is -2.20. The molecule has 0 aliphatic carbocycles. The van der Waals surface area contributed by atoms with Crippen molar-refractivity contribution >= 4 is 26.0 Å². The molecule has 0 aliphatic rings. The molecule has 1 heterocycles. The molecule has 0 saturated carbocycles. The summed E-state index contributed by atoms with van der Waals surface area (Å²) in [6.45, 7) is 1.61. The van der Waals surface area contributed by atoms with Gasteiger partial charge in [0.2, 0.25) is 10.0 Å². The standard InChI is InChI=1S/C23H16BrF3N2O3S/c1-13-21(24)22(32-29-13)20-18(23(25,26)27)12-11-17(19(20)15-5-3-2-4-6-15)14-7-9-16(10-8-14)33(28,30)31/h2-12H,1H3,(H2,28,30,31). The maximum Gasteiger partial charge on any atom is 0.417 e. The summed E-state index contributed by atoms with van der Waals surface area (Å²) in [6, 6.07) is 16.5. The first kappa shape index (κ1) is 23.2. The van der Waals surface area contributed by atoms with Gasteiger partial charge >= 0.3 is 6.18 Å². The smallest absolute Gasteiger partial charge is 0.355 e. The van der Waals surface area contributed by atoms with Gasteiger partial charge in [-0.05, 0) is 57.7 Å². The van der Waals surface area contributed by atoms with Gasteiger partial charge in [-0.2, -0.15) is 13.2 Å². The number of alkyl halides is 3. The van der Waals surface area contributed by atoms with Crippen LogP contribution in [0.4, 0.5) is 13.2 Å². The number of primary sulfonamides is 1. The Balaban J connectivity index is 2.11. The summed E-state index contributed by atoms with van der Waals surface area (Å²) in [7, 11) is -3.92. The number of benzene rings is 3. The highest BCUT2D eigenvalue weighted by molar-refractivity contribution is 9.10. The van der Waals surface area contributed by atoms with E-state index in [0.29, 0.717) is 26.9 Å². The van der Waals surface area contributed by atoms with Crippen LogP contribution in [0.5, 0.6) is 0 Å². The Morgan fingerprint density at radius 1 is 0.909 bits per heavy atom. The van der Waals surface area contributed by atoms with Gasteiger partial charge < -0.3 is 4.52 Å². The van der Waals surface area contributed by atoms with Crippen LogP contribution in [0, 0.1) is 6.92 Å². The summed E-state index contributed by atoms with van der Waals surface area (Å²) in [5.74, 6) is -0.0540. The predicted octanol–water partition coefficient (Wildman–Crippen LogP) is 6.41. The van der Waals surface area contributed by atoms with Crippen molar-refractivity contribution in [3.05, 3.63) is 82.5 Å². The van der Waals surface area contributed by atoms with Gasteiger partial charge in [-0.15, -0.1) is 0 Å². The van der Waals surface area contributed by atoms with Crippen molar-refractivity contribution in [2.24, 2.45) is 5.14 Å². The Morgan fingerprint density at radius 3 is 2.06 bits per heavy atom. The topological polar surface area (TPSA) is 86.2 Å². The molecule has 0 radical (unpaired) electrons. The number of hydrogen-bond donors (Lipinski definition) is 1. The van der Waals surface area contributed by atoms with Crippen molar-refractivity contribution < 1.29 is 26.1 Å². The Hall–Kier alpha value is -2.95. The first-order valence-corrected chi connectivity index (χ1v) is 11.9. The quantitative estimate of drug-likeness (QED) is 0.326. The van der Waals surface area contributed by atoms with Crippen LogP contribution in [0.1, 0.15) is 11.3 Å². The molecule has 4 aromatic rings. The highest BCUT2D eigenvalue weighted by Crippen LogP contribution is 2.49. The number of rotatable bonds is 4. The van der Waals surface area contributed by atoms with Crippen LogP contribution >= 0.6 is 15.9 Å². The second-order valence-electron chi connectivity index (χ2n) is 7.25. The van der Waals surface area contributed by atoms with Crippen LogP contribution in [0.3, 0.4) is 0 Å². The van der Waals surface area contributed by atoms with E-state index in [2.05, 4.69) is 21.1 Å². The van der Waals surface area contributed by atoms with E-state index in [9.17, 15) is 21.6 Å². The molecule has 0 aliphatic heterocycles. The average Bonchev–Trinajstić information content (AvgIpc) is 3.10. The molecular weight excluding hydrogens is 521 g/mol. The molecule has 0 spiro atoms. The van der Waals surface area contributed by atoms with Gasteiger partial charge in [-0.25, -0.2) is 13.6 Å². The summed E-state index contributed by atoms with van der Waals surface area (Å²) in [4.78, 5) is -0.103. The fourth-order valence-corrected chi connectivity index (χ4v) is 4.42. The van der Waals surface area contributed by atoms with Crippen molar-refractivity contribution in [2.45, 2.75) is 18.0 Å². The molecule has 0 atom stereocenters. The number of aromatic nitrogens is 1. The monoisotopic (exact) mass is 536 g/mol. The molecule has 1 aromatic heterocycles. The lowest BCUT2D eigenvalue weighted by atomic mass is 9.86. The summed E-state index contributed by atoms with van der Waals surface area (Å²) in [5.41, 5.74) is 1.09. The van der Waals surface area contributed by atoms with Gasteiger partial charge in [-0.1, -0.05) is 53.7 Å². The molecule has 33 heavy (non-hydrogen) atoms. The molecule has 0 saturated heterocycles. The van der Waals surface area contributed by atoms with Gasteiger partial charge in [0.15, 0.2) is 5.76 Å². The number of hydrogen-bond acceptors (Lipinski definition) is 4. The number of nitrogens with two attached hydrogens (primary N) is 1. The van der Waals surface area contributed by atoms with E-state index in [-0.39, 0.29) is 21.8 Å². The van der Waals surface area contributed by atoms with Crippen LogP contribution in [-0.2, 0) is 16.2 Å². The number of nitrogens with zero attached hydrogens (tertiary/aromatic N) is 1. The fraction of sp³-hybridized carbons (Fsp3) is 0.0870. The van der Waals surface area contributed by atoms with Crippen molar-refractivity contribution in [3.63, 3.8) is 0 Å². The van der Waals surface area contributed by atoms with E-state index in [4.69, 9.17) is 9.66 Å². The molecular formula is C23H16BrF3N2O3S. The lowest BCUT2D eigenvalue weighted by Crippen LogP contribution is -2.11. The average molecular weight is 537 g/mol. The van der Waals surface area contributed by atoms with E-state index in [1.807, 2.05) is 0 Å². The molecule has 0 bridgehead atoms. The minimum atomic E-state index is -4.67. The minimum absolute atomic E-state index is 0.0540. The van der Waals surface area contributed by atoms with Crippen LogP contribution in [0.2, 0.25) is 0 Å². The summed E-state index contributed by atoms with van der Waals surface area (Å²) in [5, 5.41) is 9.00. The third kappa shape index (κ3) is 4.46. The zero-order chi connectivity index (χ0) is 24.0. The molecule has 170 valence electrons. The van der Waals surface area contributed by atoms with Crippen LogP contribution in [-0.4, -0.2) is 13.6 Å². The Bertz CT molecular complexity index is 1430. The molecule has 0 amide bonds. The SMILES string of the molecule is Cc1noc(-c2c(C(F)(F)F)ccc(-c3ccc(S(N)(=O)=O)cc3)c2-c2ccccc2)c1Br. The summed E-state index contributed by atoms with van der Waals surface area (Å²) < 4.78 is 71.3. The first-order valence-electron chi connectivity index (χ1n) is 9.53. The highest BCUT2D eigenvalue weighted by Gasteiger charge is 2.38. The van der Waals surface area contributed by atoms with E-state index < -0.39 is 21.8 Å². The van der Waals surface area contributed by atoms with Crippen LogP contribution < -0.4 is 5.14 Å². The zero-order valence-corrected chi connectivity index (χ0v) is 19.4. The number of sulfonamides is 1. The molecule has 3 aromatic carbocycles. The van der Waals surface area contributed by atoms with Crippen molar-refractivity contribution in [2.75, 3.05) is 0 Å². The predicted molar refractivity (Wildman–Crippen MR) is 122 cm³/mol. The third-order valence-electron chi connectivity index (χ3n) is 5.08. The highest BCUT2D eigenvalue weighted by atomic mass is 79.9. The first-order chi connectivity index (χ1) is 15.5. The largest absolute Gasteiger partial charge is 0.417 e.